The van der Waals surface area contributed by atoms with Crippen molar-refractivity contribution >= 4 is 0 Å². The maximum atomic E-state index is 6.18. The Bertz CT molecular complexity index is 515. The number of ether oxygens (including phenoxy) is 3. The van der Waals surface area contributed by atoms with Gasteiger partial charge in [-0.1, -0.05) is 19.1 Å². The van der Waals surface area contributed by atoms with E-state index < -0.39 is 0 Å². The third kappa shape index (κ3) is 2.74. The molecule has 4 nitrogen and oxygen atoms in total. The lowest BCUT2D eigenvalue weighted by Gasteiger charge is -2.43. The van der Waals surface area contributed by atoms with Gasteiger partial charge in [-0.3, -0.25) is 0 Å². The monoisotopic (exact) mass is 291 g/mol. The minimum Gasteiger partial charge on any atom is -0.484 e. The van der Waals surface area contributed by atoms with E-state index in [-0.39, 0.29) is 17.8 Å². The number of likely N-dealkylation sites (N-methyl/N-ethyl adjacent to an activating group) is 1. The van der Waals surface area contributed by atoms with Crippen LogP contribution in [0.1, 0.15) is 32.8 Å². The van der Waals surface area contributed by atoms with Crippen molar-refractivity contribution < 1.29 is 14.2 Å². The Morgan fingerprint density at radius 2 is 2.19 bits per heavy atom. The second-order valence-corrected chi connectivity index (χ2v) is 6.54. The van der Waals surface area contributed by atoms with Gasteiger partial charge in [-0.25, -0.2) is 0 Å². The molecule has 4 heteroatoms. The van der Waals surface area contributed by atoms with E-state index in [4.69, 9.17) is 14.2 Å². The number of benzene rings is 1. The van der Waals surface area contributed by atoms with Gasteiger partial charge in [0.05, 0.1) is 0 Å². The summed E-state index contributed by atoms with van der Waals surface area (Å²) in [6.07, 6.45) is 2.10. The van der Waals surface area contributed by atoms with E-state index in [1.807, 2.05) is 12.1 Å². The average molecular weight is 291 g/mol. The average Bonchev–Trinajstić information content (AvgIpc) is 2.72. The summed E-state index contributed by atoms with van der Waals surface area (Å²) < 4.78 is 17.8. The minimum atomic E-state index is -0.144. The molecule has 0 saturated heterocycles. The smallest absolute Gasteiger partial charge is 0.165 e. The van der Waals surface area contributed by atoms with Crippen LogP contribution in [-0.4, -0.2) is 37.5 Å². The zero-order chi connectivity index (χ0) is 15.0. The van der Waals surface area contributed by atoms with Gasteiger partial charge >= 0.3 is 0 Å². The molecule has 3 rings (SSSR count). The first-order valence-electron chi connectivity index (χ1n) is 7.78. The fraction of sp³-hybridized carbons (Fsp3) is 0.647. The van der Waals surface area contributed by atoms with Crippen molar-refractivity contribution in [2.45, 2.75) is 57.5 Å². The summed E-state index contributed by atoms with van der Waals surface area (Å²) in [7, 11) is 1.75. The Hall–Kier alpha value is -1.26. The van der Waals surface area contributed by atoms with Crippen LogP contribution in [-0.2, 0) is 11.2 Å². The van der Waals surface area contributed by atoms with E-state index in [9.17, 15) is 0 Å². The van der Waals surface area contributed by atoms with E-state index in [1.165, 1.54) is 5.56 Å². The van der Waals surface area contributed by atoms with Gasteiger partial charge in [-0.15, -0.1) is 0 Å². The van der Waals surface area contributed by atoms with Crippen LogP contribution in [0.15, 0.2) is 18.2 Å². The Morgan fingerprint density at radius 1 is 1.38 bits per heavy atom. The minimum absolute atomic E-state index is 0.0952. The van der Waals surface area contributed by atoms with Gasteiger partial charge in [-0.2, -0.15) is 0 Å². The van der Waals surface area contributed by atoms with Crippen LogP contribution in [0.4, 0.5) is 0 Å². The highest BCUT2D eigenvalue weighted by molar-refractivity contribution is 5.50. The van der Waals surface area contributed by atoms with Crippen molar-refractivity contribution in [1.82, 2.24) is 5.32 Å². The fourth-order valence-electron chi connectivity index (χ4n) is 3.32. The molecule has 1 saturated carbocycles. The van der Waals surface area contributed by atoms with Crippen molar-refractivity contribution in [3.63, 3.8) is 0 Å². The summed E-state index contributed by atoms with van der Waals surface area (Å²) >= 11 is 0. The van der Waals surface area contributed by atoms with Crippen LogP contribution >= 0.6 is 0 Å². The van der Waals surface area contributed by atoms with Gasteiger partial charge in [0.25, 0.3) is 0 Å². The third-order valence-electron chi connectivity index (χ3n) is 4.32. The van der Waals surface area contributed by atoms with Crippen LogP contribution in [0.3, 0.4) is 0 Å². The highest BCUT2D eigenvalue weighted by atomic mass is 16.6. The van der Waals surface area contributed by atoms with Crippen LogP contribution in [0.2, 0.25) is 0 Å². The van der Waals surface area contributed by atoms with E-state index in [0.717, 1.165) is 30.9 Å². The molecule has 0 radical (unpaired) electrons. The van der Waals surface area contributed by atoms with Crippen molar-refractivity contribution in [1.29, 1.82) is 0 Å². The van der Waals surface area contributed by atoms with Crippen LogP contribution < -0.4 is 14.8 Å². The standard InChI is InChI=1S/C17H25NO3/c1-5-18-12-9-14(16(12)19-4)20-13-8-6-7-11-10-17(2,3)21-15(11)13/h6-8,12,14,16,18H,5,9-10H2,1-4H3. The topological polar surface area (TPSA) is 39.7 Å². The molecular weight excluding hydrogens is 266 g/mol. The van der Waals surface area contributed by atoms with E-state index in [0.29, 0.717) is 6.04 Å². The molecule has 1 aromatic carbocycles. The quantitative estimate of drug-likeness (QED) is 0.905. The van der Waals surface area contributed by atoms with Crippen molar-refractivity contribution in [2.75, 3.05) is 13.7 Å². The molecule has 1 aliphatic heterocycles. The molecular formula is C17H25NO3. The van der Waals surface area contributed by atoms with Gasteiger partial charge in [-0.05, 0) is 26.5 Å². The van der Waals surface area contributed by atoms with Gasteiger partial charge < -0.3 is 19.5 Å². The summed E-state index contributed by atoms with van der Waals surface area (Å²) in [6, 6.07) is 6.54. The second-order valence-electron chi connectivity index (χ2n) is 6.54. The van der Waals surface area contributed by atoms with Gasteiger partial charge in [0.2, 0.25) is 0 Å². The highest BCUT2D eigenvalue weighted by Gasteiger charge is 2.43. The molecule has 0 amide bonds. The number of para-hydroxylation sites is 1. The van der Waals surface area contributed by atoms with Gasteiger partial charge in [0.15, 0.2) is 11.5 Å². The zero-order valence-electron chi connectivity index (χ0n) is 13.3. The summed E-state index contributed by atoms with van der Waals surface area (Å²) in [5.74, 6) is 1.75. The summed E-state index contributed by atoms with van der Waals surface area (Å²) in [5, 5.41) is 3.43. The first-order valence-corrected chi connectivity index (χ1v) is 7.78. The highest BCUT2D eigenvalue weighted by Crippen LogP contribution is 2.43. The van der Waals surface area contributed by atoms with Crippen molar-refractivity contribution in [3.05, 3.63) is 23.8 Å². The Labute approximate surface area is 126 Å². The normalized spacial score (nSPS) is 29.4. The summed E-state index contributed by atoms with van der Waals surface area (Å²) in [4.78, 5) is 0. The second kappa shape index (κ2) is 5.50. The number of rotatable bonds is 5. The molecule has 0 bridgehead atoms. The predicted octanol–water partition coefficient (Wildman–Crippen LogP) is 2.54. The molecule has 1 aromatic rings. The molecule has 2 aliphatic rings. The predicted molar refractivity (Wildman–Crippen MR) is 82.1 cm³/mol. The van der Waals surface area contributed by atoms with Crippen molar-refractivity contribution in [3.8, 4) is 11.5 Å². The first kappa shape index (κ1) is 14.7. The molecule has 1 aliphatic carbocycles. The third-order valence-corrected chi connectivity index (χ3v) is 4.32. The lowest BCUT2D eigenvalue weighted by atomic mass is 9.85. The van der Waals surface area contributed by atoms with E-state index in [2.05, 4.69) is 32.2 Å². The molecule has 1 heterocycles. The van der Waals surface area contributed by atoms with Crippen molar-refractivity contribution in [2.24, 2.45) is 0 Å². The lowest BCUT2D eigenvalue weighted by Crippen LogP contribution is -2.60. The first-order chi connectivity index (χ1) is 10.0. The number of methoxy groups -OCH3 is 1. The Morgan fingerprint density at radius 3 is 2.90 bits per heavy atom. The number of hydrogen-bond donors (Lipinski definition) is 1. The molecule has 0 spiro atoms. The Balaban J connectivity index is 1.72. The molecule has 3 atom stereocenters. The van der Waals surface area contributed by atoms with Gasteiger partial charge in [0.1, 0.15) is 17.8 Å². The molecule has 0 aromatic heterocycles. The largest absolute Gasteiger partial charge is 0.484 e. The van der Waals surface area contributed by atoms with E-state index in [1.54, 1.807) is 7.11 Å². The molecule has 21 heavy (non-hydrogen) atoms. The maximum absolute atomic E-state index is 6.18. The Kier molecular flexibility index (Phi) is 3.84. The fourth-order valence-corrected chi connectivity index (χ4v) is 3.32. The molecule has 1 N–H and O–H groups in total. The van der Waals surface area contributed by atoms with Crippen LogP contribution in [0, 0.1) is 0 Å². The summed E-state index contributed by atoms with van der Waals surface area (Å²) in [5.41, 5.74) is 1.09. The molecule has 1 fully saturated rings. The SMILES string of the molecule is CCNC1CC(Oc2cccc3c2OC(C)(C)C3)C1OC. The number of fused-ring (bicyclic) bond motifs is 1. The maximum Gasteiger partial charge on any atom is 0.165 e. The van der Waals surface area contributed by atoms with Gasteiger partial charge in [0, 0.05) is 31.6 Å². The number of nitrogens with one attached hydrogen (secondary N) is 1. The lowest BCUT2D eigenvalue weighted by molar-refractivity contribution is -0.0893. The molecule has 116 valence electrons. The molecule has 3 unspecified atom stereocenters. The summed E-state index contributed by atoms with van der Waals surface area (Å²) in [6.45, 7) is 7.29. The zero-order valence-corrected chi connectivity index (χ0v) is 13.3. The van der Waals surface area contributed by atoms with Crippen LogP contribution in [0.25, 0.3) is 0 Å². The number of hydrogen-bond acceptors (Lipinski definition) is 4. The van der Waals surface area contributed by atoms with Crippen LogP contribution in [0.5, 0.6) is 11.5 Å². The van der Waals surface area contributed by atoms with E-state index >= 15 is 0 Å².